The summed E-state index contributed by atoms with van der Waals surface area (Å²) in [7, 11) is 0. The molecule has 0 aromatic carbocycles. The Hall–Kier alpha value is -1.56. The number of nitrogens with zero attached hydrogens (tertiary/aromatic N) is 1. The molecule has 0 saturated heterocycles. The van der Waals surface area contributed by atoms with E-state index in [-0.39, 0.29) is 23.3 Å². The van der Waals surface area contributed by atoms with E-state index >= 15 is 0 Å². The summed E-state index contributed by atoms with van der Waals surface area (Å²) >= 11 is 1.29. The summed E-state index contributed by atoms with van der Waals surface area (Å²) in [5.41, 5.74) is 0.641. The van der Waals surface area contributed by atoms with E-state index in [0.717, 1.165) is 0 Å². The molecule has 1 rings (SSSR count). The highest BCUT2D eigenvalue weighted by molar-refractivity contribution is 7.99. The first-order valence-corrected chi connectivity index (χ1v) is 6.52. The van der Waals surface area contributed by atoms with Crippen molar-refractivity contribution in [2.24, 2.45) is 0 Å². The van der Waals surface area contributed by atoms with Gasteiger partial charge in [0.05, 0.1) is 22.0 Å². The zero-order valence-corrected chi connectivity index (χ0v) is 11.4. The molecule has 98 valence electrons. The second-order valence-electron chi connectivity index (χ2n) is 4.10. The predicted octanol–water partition coefficient (Wildman–Crippen LogP) is 1.70. The zero-order valence-electron chi connectivity index (χ0n) is 10.6. The summed E-state index contributed by atoms with van der Waals surface area (Å²) in [4.78, 5) is 26.4. The molecule has 18 heavy (non-hydrogen) atoms. The van der Waals surface area contributed by atoms with E-state index in [2.05, 4.69) is 10.3 Å². The fraction of sp³-hybridized carbons (Fsp3) is 0.417. The van der Waals surface area contributed by atoms with Crippen molar-refractivity contribution < 1.29 is 14.7 Å². The summed E-state index contributed by atoms with van der Waals surface area (Å²) in [5.74, 6) is -0.775. The monoisotopic (exact) mass is 268 g/mol. The lowest BCUT2D eigenvalue weighted by atomic mass is 10.2. The highest BCUT2D eigenvalue weighted by Crippen LogP contribution is 2.17. The molecule has 1 amide bonds. The average Bonchev–Trinajstić information content (AvgIpc) is 2.25. The van der Waals surface area contributed by atoms with Crippen LogP contribution in [0.3, 0.4) is 0 Å². The maximum absolute atomic E-state index is 11.4. The van der Waals surface area contributed by atoms with Crippen LogP contribution in [0, 0.1) is 6.92 Å². The molecule has 0 bridgehead atoms. The van der Waals surface area contributed by atoms with Crippen molar-refractivity contribution in [1.29, 1.82) is 0 Å². The van der Waals surface area contributed by atoms with E-state index in [1.54, 1.807) is 13.0 Å². The third-order valence-electron chi connectivity index (χ3n) is 2.09. The molecule has 1 aromatic rings. The van der Waals surface area contributed by atoms with Crippen LogP contribution in [0.4, 0.5) is 0 Å². The van der Waals surface area contributed by atoms with E-state index in [9.17, 15) is 9.59 Å². The number of amides is 1. The highest BCUT2D eigenvalue weighted by Gasteiger charge is 2.10. The number of carboxylic acids is 1. The number of aromatic nitrogens is 1. The summed E-state index contributed by atoms with van der Waals surface area (Å²) in [6, 6.07) is 3.24. The van der Waals surface area contributed by atoms with Gasteiger partial charge in [0, 0.05) is 6.04 Å². The molecule has 2 N–H and O–H groups in total. The van der Waals surface area contributed by atoms with Crippen LogP contribution in [0.5, 0.6) is 0 Å². The van der Waals surface area contributed by atoms with Crippen molar-refractivity contribution in [2.45, 2.75) is 31.8 Å². The van der Waals surface area contributed by atoms with Crippen LogP contribution in [0.2, 0.25) is 0 Å². The second-order valence-corrected chi connectivity index (χ2v) is 5.09. The number of nitrogens with one attached hydrogen (secondary N) is 1. The number of aryl methyl sites for hydroxylation is 1. The lowest BCUT2D eigenvalue weighted by Gasteiger charge is -2.08. The van der Waals surface area contributed by atoms with Gasteiger partial charge >= 0.3 is 5.97 Å². The molecule has 0 unspecified atom stereocenters. The number of thioether (sulfide) groups is 1. The molecule has 0 saturated carbocycles. The standard InChI is InChI=1S/C12H16N2O3S/c1-7(2)13-10(15)6-18-11-5-4-9(12(16)17)8(3)14-11/h4-5,7H,6H2,1-3H3,(H,13,15)(H,16,17). The summed E-state index contributed by atoms with van der Waals surface area (Å²) in [5, 5.41) is 12.3. The Bertz CT molecular complexity index is 461. The van der Waals surface area contributed by atoms with Crippen LogP contribution in [0.15, 0.2) is 17.2 Å². The Labute approximate surface area is 110 Å². The van der Waals surface area contributed by atoms with Gasteiger partial charge in [-0.15, -0.1) is 0 Å². The Morgan fingerprint density at radius 2 is 2.11 bits per heavy atom. The normalized spacial score (nSPS) is 10.4. The van der Waals surface area contributed by atoms with Crippen molar-refractivity contribution in [3.8, 4) is 0 Å². The fourth-order valence-electron chi connectivity index (χ4n) is 1.35. The van der Waals surface area contributed by atoms with Crippen LogP contribution in [0.1, 0.15) is 29.9 Å². The average molecular weight is 268 g/mol. The van der Waals surface area contributed by atoms with Crippen LogP contribution in [-0.4, -0.2) is 33.8 Å². The maximum Gasteiger partial charge on any atom is 0.337 e. The summed E-state index contributed by atoms with van der Waals surface area (Å²) in [6.45, 7) is 5.43. The number of carbonyl (C=O) groups is 2. The van der Waals surface area contributed by atoms with E-state index < -0.39 is 5.97 Å². The first-order valence-electron chi connectivity index (χ1n) is 5.53. The molecule has 1 heterocycles. The molecular formula is C12H16N2O3S. The highest BCUT2D eigenvalue weighted by atomic mass is 32.2. The Balaban J connectivity index is 2.61. The van der Waals surface area contributed by atoms with Gasteiger partial charge in [0.2, 0.25) is 5.91 Å². The Kier molecular flexibility index (Phi) is 5.15. The van der Waals surface area contributed by atoms with Crippen molar-refractivity contribution in [1.82, 2.24) is 10.3 Å². The lowest BCUT2D eigenvalue weighted by Crippen LogP contribution is -2.31. The minimum absolute atomic E-state index is 0.0586. The van der Waals surface area contributed by atoms with E-state index in [4.69, 9.17) is 5.11 Å². The predicted molar refractivity (Wildman–Crippen MR) is 69.9 cm³/mol. The van der Waals surface area contributed by atoms with Crippen LogP contribution in [-0.2, 0) is 4.79 Å². The van der Waals surface area contributed by atoms with Crippen LogP contribution in [0.25, 0.3) is 0 Å². The van der Waals surface area contributed by atoms with Gasteiger partial charge in [-0.2, -0.15) is 0 Å². The summed E-state index contributed by atoms with van der Waals surface area (Å²) in [6.07, 6.45) is 0. The SMILES string of the molecule is Cc1nc(SCC(=O)NC(C)C)ccc1C(=O)O. The molecule has 6 heteroatoms. The largest absolute Gasteiger partial charge is 0.478 e. The molecule has 0 radical (unpaired) electrons. The molecule has 1 aromatic heterocycles. The van der Waals surface area contributed by atoms with Gasteiger partial charge in [0.25, 0.3) is 0 Å². The van der Waals surface area contributed by atoms with E-state index in [1.165, 1.54) is 17.8 Å². The first-order chi connectivity index (χ1) is 8.40. The second kappa shape index (κ2) is 6.39. The molecule has 0 aliphatic heterocycles. The maximum atomic E-state index is 11.4. The van der Waals surface area contributed by atoms with E-state index in [0.29, 0.717) is 10.7 Å². The molecule has 0 atom stereocenters. The number of pyridine rings is 1. The molecule has 0 aliphatic carbocycles. The molecule has 0 fully saturated rings. The first kappa shape index (κ1) is 14.5. The number of hydrogen-bond donors (Lipinski definition) is 2. The topological polar surface area (TPSA) is 79.3 Å². The quantitative estimate of drug-likeness (QED) is 0.795. The number of rotatable bonds is 5. The molecule has 0 spiro atoms. The number of carboxylic acid groups (broad SMARTS) is 1. The third kappa shape index (κ3) is 4.37. The molecule has 0 aliphatic rings. The van der Waals surface area contributed by atoms with Gasteiger partial charge in [-0.25, -0.2) is 9.78 Å². The van der Waals surface area contributed by atoms with Gasteiger partial charge in [0.1, 0.15) is 0 Å². The number of carbonyl (C=O) groups excluding carboxylic acids is 1. The van der Waals surface area contributed by atoms with Gasteiger partial charge < -0.3 is 10.4 Å². The fourth-order valence-corrected chi connectivity index (χ4v) is 2.08. The number of hydrogen-bond acceptors (Lipinski definition) is 4. The van der Waals surface area contributed by atoms with Gasteiger partial charge in [-0.05, 0) is 32.9 Å². The van der Waals surface area contributed by atoms with Crippen LogP contribution >= 0.6 is 11.8 Å². The van der Waals surface area contributed by atoms with Crippen molar-refractivity contribution in [2.75, 3.05) is 5.75 Å². The molecular weight excluding hydrogens is 252 g/mol. The third-order valence-corrected chi connectivity index (χ3v) is 3.02. The Morgan fingerprint density at radius 3 is 2.61 bits per heavy atom. The Morgan fingerprint density at radius 1 is 1.44 bits per heavy atom. The van der Waals surface area contributed by atoms with Gasteiger partial charge in [0.15, 0.2) is 0 Å². The van der Waals surface area contributed by atoms with Gasteiger partial charge in [-0.1, -0.05) is 11.8 Å². The van der Waals surface area contributed by atoms with Crippen molar-refractivity contribution in [3.05, 3.63) is 23.4 Å². The summed E-state index contributed by atoms with van der Waals surface area (Å²) < 4.78 is 0. The zero-order chi connectivity index (χ0) is 13.7. The van der Waals surface area contributed by atoms with E-state index in [1.807, 2.05) is 13.8 Å². The lowest BCUT2D eigenvalue weighted by molar-refractivity contribution is -0.119. The van der Waals surface area contributed by atoms with Crippen LogP contribution < -0.4 is 5.32 Å². The number of aromatic carboxylic acids is 1. The van der Waals surface area contributed by atoms with Crippen molar-refractivity contribution >= 4 is 23.6 Å². The minimum Gasteiger partial charge on any atom is -0.478 e. The minimum atomic E-state index is -0.992. The van der Waals surface area contributed by atoms with Crippen molar-refractivity contribution in [3.63, 3.8) is 0 Å². The van der Waals surface area contributed by atoms with Gasteiger partial charge in [-0.3, -0.25) is 4.79 Å². The molecule has 5 nitrogen and oxygen atoms in total. The smallest absolute Gasteiger partial charge is 0.337 e.